The maximum Gasteiger partial charge on any atom is 0.404 e. The van der Waals surface area contributed by atoms with Gasteiger partial charge in [0.15, 0.2) is 6.10 Å². The first-order chi connectivity index (χ1) is 14.1. The van der Waals surface area contributed by atoms with Crippen LogP contribution >= 0.6 is 0 Å². The summed E-state index contributed by atoms with van der Waals surface area (Å²) in [4.78, 5) is 48.8. The number of benzene rings is 1. The van der Waals surface area contributed by atoms with Crippen molar-refractivity contribution >= 4 is 23.8 Å². The van der Waals surface area contributed by atoms with Crippen LogP contribution in [0.3, 0.4) is 0 Å². The third-order valence-corrected chi connectivity index (χ3v) is 4.18. The molecular formula is C19H27FN4O6. The Bertz CT molecular complexity index is 756. The molecule has 0 saturated carbocycles. The van der Waals surface area contributed by atoms with Crippen molar-refractivity contribution in [2.45, 2.75) is 38.0 Å². The van der Waals surface area contributed by atoms with Crippen LogP contribution in [-0.2, 0) is 14.4 Å². The quantitative estimate of drug-likeness (QED) is 0.355. The molecule has 0 heterocycles. The number of halogens is 1. The molecule has 0 fully saturated rings. The number of nitrogens with zero attached hydrogens (tertiary/aromatic N) is 1. The van der Waals surface area contributed by atoms with Gasteiger partial charge in [-0.1, -0.05) is 25.5 Å². The first-order valence-corrected chi connectivity index (χ1v) is 9.28. The van der Waals surface area contributed by atoms with Gasteiger partial charge >= 0.3 is 6.09 Å². The molecule has 0 aliphatic rings. The molecule has 11 heteroatoms. The van der Waals surface area contributed by atoms with Crippen molar-refractivity contribution in [1.82, 2.24) is 20.9 Å². The van der Waals surface area contributed by atoms with Crippen LogP contribution in [0.5, 0.6) is 0 Å². The summed E-state index contributed by atoms with van der Waals surface area (Å²) in [6, 6.07) is 2.89. The molecule has 0 aromatic heterocycles. The van der Waals surface area contributed by atoms with E-state index in [1.807, 2.05) is 0 Å². The average molecular weight is 426 g/mol. The minimum atomic E-state index is -1.69. The molecule has 0 bridgehead atoms. The fraction of sp³-hybridized carbons (Fsp3) is 0.474. The second kappa shape index (κ2) is 11.7. The number of amides is 4. The van der Waals surface area contributed by atoms with Gasteiger partial charge in [0.25, 0.3) is 5.91 Å². The van der Waals surface area contributed by atoms with Crippen LogP contribution in [0.4, 0.5) is 9.18 Å². The van der Waals surface area contributed by atoms with Gasteiger partial charge < -0.3 is 31.1 Å². The number of carboxylic acid groups (broad SMARTS) is 1. The van der Waals surface area contributed by atoms with Crippen molar-refractivity contribution in [3.05, 3.63) is 35.6 Å². The van der Waals surface area contributed by atoms with Gasteiger partial charge in [0, 0.05) is 14.1 Å². The minimum absolute atomic E-state index is 0.219. The lowest BCUT2D eigenvalue weighted by atomic mass is 10.0. The molecule has 0 radical (unpaired) electrons. The van der Waals surface area contributed by atoms with E-state index in [1.54, 1.807) is 6.92 Å². The summed E-state index contributed by atoms with van der Waals surface area (Å²) in [6.45, 7) is 1.20. The Kier molecular flexibility index (Phi) is 9.69. The summed E-state index contributed by atoms with van der Waals surface area (Å²) < 4.78 is 13.2. The van der Waals surface area contributed by atoms with Gasteiger partial charge in [-0.2, -0.15) is 0 Å². The largest absolute Gasteiger partial charge is 0.465 e. The Balaban J connectivity index is 2.76. The third-order valence-electron chi connectivity index (χ3n) is 4.18. The van der Waals surface area contributed by atoms with E-state index >= 15 is 0 Å². The zero-order valence-corrected chi connectivity index (χ0v) is 17.0. The monoisotopic (exact) mass is 426 g/mol. The number of hydrogen-bond acceptors (Lipinski definition) is 5. The van der Waals surface area contributed by atoms with Gasteiger partial charge in [0.1, 0.15) is 11.9 Å². The van der Waals surface area contributed by atoms with E-state index in [1.165, 1.54) is 31.1 Å². The number of carbonyl (C=O) groups excluding carboxylic acids is 3. The lowest BCUT2D eigenvalue weighted by molar-refractivity contribution is -0.135. The molecule has 4 amide bonds. The number of likely N-dealkylation sites (N-methyl/N-ethyl adjacent to an activating group) is 1. The fourth-order valence-corrected chi connectivity index (χ4v) is 2.65. The highest BCUT2D eigenvalue weighted by Crippen LogP contribution is 2.15. The normalized spacial score (nSPS) is 13.5. The van der Waals surface area contributed by atoms with Crippen molar-refractivity contribution in [3.63, 3.8) is 0 Å². The Morgan fingerprint density at radius 1 is 1.10 bits per heavy atom. The maximum absolute atomic E-state index is 13.2. The lowest BCUT2D eigenvalue weighted by Gasteiger charge is -2.23. The van der Waals surface area contributed by atoms with E-state index < -0.39 is 54.4 Å². The topological polar surface area (TPSA) is 148 Å². The second-order valence-corrected chi connectivity index (χ2v) is 6.79. The molecule has 1 rings (SSSR count). The number of carbonyl (C=O) groups is 4. The van der Waals surface area contributed by atoms with Crippen LogP contribution in [0.2, 0.25) is 0 Å². The van der Waals surface area contributed by atoms with Crippen LogP contribution in [-0.4, -0.2) is 71.7 Å². The number of nitrogens with one attached hydrogen (secondary N) is 3. The molecule has 10 nitrogen and oxygen atoms in total. The molecule has 0 saturated heterocycles. The van der Waals surface area contributed by atoms with Crippen LogP contribution in [0.1, 0.15) is 31.4 Å². The van der Waals surface area contributed by atoms with Gasteiger partial charge in [-0.25, -0.2) is 9.18 Å². The van der Waals surface area contributed by atoms with E-state index in [0.717, 1.165) is 12.1 Å². The number of rotatable bonds is 10. The Labute approximate surface area is 173 Å². The van der Waals surface area contributed by atoms with Crippen molar-refractivity contribution < 1.29 is 33.8 Å². The lowest BCUT2D eigenvalue weighted by Crippen LogP contribution is -2.52. The van der Waals surface area contributed by atoms with Gasteiger partial charge in [0.05, 0.1) is 12.6 Å². The number of hydrogen-bond donors (Lipinski definition) is 5. The summed E-state index contributed by atoms with van der Waals surface area (Å²) in [5.41, 5.74) is 0.350. The molecule has 2 unspecified atom stereocenters. The molecule has 1 aromatic rings. The molecule has 30 heavy (non-hydrogen) atoms. The molecule has 5 N–H and O–H groups in total. The summed E-state index contributed by atoms with van der Waals surface area (Å²) in [6.07, 6.45) is -2.34. The smallest absolute Gasteiger partial charge is 0.404 e. The molecule has 0 spiro atoms. The van der Waals surface area contributed by atoms with Crippen molar-refractivity contribution in [1.29, 1.82) is 0 Å². The summed E-state index contributed by atoms with van der Waals surface area (Å²) in [5.74, 6) is -2.62. The zero-order valence-electron chi connectivity index (χ0n) is 17.0. The third kappa shape index (κ3) is 7.66. The molecule has 1 aromatic carbocycles. The SMILES string of the molecule is CCC[C@H](NC(=O)O)C(O)C(=O)NCC(=O)NC(C(=O)N(C)C)c1ccc(F)cc1. The predicted octanol–water partition coefficient (Wildman–Crippen LogP) is -0.0154. The standard InChI is InChI=1S/C19H27FN4O6/c1-4-5-13(22-19(29)30)16(26)17(27)21-10-14(25)23-15(18(28)24(2)3)11-6-8-12(20)9-7-11/h6-9,13,15-16,22,26H,4-5,10H2,1-3H3,(H,21,27)(H,23,25)(H,29,30)/t13-,15?,16?/m0/s1. The Morgan fingerprint density at radius 2 is 1.70 bits per heavy atom. The van der Waals surface area contributed by atoms with Crippen molar-refractivity contribution in [3.8, 4) is 0 Å². The predicted molar refractivity (Wildman–Crippen MR) is 105 cm³/mol. The van der Waals surface area contributed by atoms with Crippen molar-refractivity contribution in [2.75, 3.05) is 20.6 Å². The van der Waals surface area contributed by atoms with Crippen LogP contribution < -0.4 is 16.0 Å². The molecule has 0 aliphatic carbocycles. The van der Waals surface area contributed by atoms with E-state index in [9.17, 15) is 28.7 Å². The summed E-state index contributed by atoms with van der Waals surface area (Å²) in [5, 5.41) is 25.6. The molecule has 166 valence electrons. The maximum atomic E-state index is 13.2. The van der Waals surface area contributed by atoms with Crippen LogP contribution in [0.15, 0.2) is 24.3 Å². The minimum Gasteiger partial charge on any atom is -0.465 e. The number of aliphatic hydroxyl groups excluding tert-OH is 1. The van der Waals surface area contributed by atoms with Crippen LogP contribution in [0, 0.1) is 5.82 Å². The summed E-state index contributed by atoms with van der Waals surface area (Å²) >= 11 is 0. The highest BCUT2D eigenvalue weighted by atomic mass is 19.1. The summed E-state index contributed by atoms with van der Waals surface area (Å²) in [7, 11) is 2.99. The van der Waals surface area contributed by atoms with Gasteiger partial charge in [-0.3, -0.25) is 14.4 Å². The van der Waals surface area contributed by atoms with Gasteiger partial charge in [-0.15, -0.1) is 0 Å². The van der Waals surface area contributed by atoms with Crippen LogP contribution in [0.25, 0.3) is 0 Å². The van der Waals surface area contributed by atoms with E-state index in [4.69, 9.17) is 5.11 Å². The van der Waals surface area contributed by atoms with Gasteiger partial charge in [0.2, 0.25) is 11.8 Å². The van der Waals surface area contributed by atoms with Gasteiger partial charge in [-0.05, 0) is 24.1 Å². The van der Waals surface area contributed by atoms with E-state index in [-0.39, 0.29) is 6.42 Å². The van der Waals surface area contributed by atoms with Crippen molar-refractivity contribution in [2.24, 2.45) is 0 Å². The van der Waals surface area contributed by atoms with E-state index in [2.05, 4.69) is 16.0 Å². The highest BCUT2D eigenvalue weighted by Gasteiger charge is 2.28. The average Bonchev–Trinajstić information content (AvgIpc) is 2.69. The fourth-order valence-electron chi connectivity index (χ4n) is 2.65. The molecule has 0 aliphatic heterocycles. The Hall–Kier alpha value is -3.21. The molecule has 3 atom stereocenters. The molecular weight excluding hydrogens is 399 g/mol. The second-order valence-electron chi connectivity index (χ2n) is 6.79. The first kappa shape index (κ1) is 24.8. The first-order valence-electron chi connectivity index (χ1n) is 9.28. The van der Waals surface area contributed by atoms with E-state index in [0.29, 0.717) is 12.0 Å². The number of aliphatic hydroxyl groups is 1. The zero-order chi connectivity index (χ0) is 22.8. The Morgan fingerprint density at radius 3 is 2.20 bits per heavy atom. The highest BCUT2D eigenvalue weighted by molar-refractivity contribution is 5.91.